The summed E-state index contributed by atoms with van der Waals surface area (Å²) in [7, 11) is 0. The topological polar surface area (TPSA) is 51.4 Å². The second kappa shape index (κ2) is 6.89. The highest BCUT2D eigenvalue weighted by Gasteiger charge is 2.22. The Morgan fingerprint density at radius 2 is 1.76 bits per heavy atom. The minimum atomic E-state index is 0.0170. The van der Waals surface area contributed by atoms with E-state index in [-0.39, 0.29) is 6.03 Å². The van der Waals surface area contributed by atoms with Crippen LogP contribution in [0.5, 0.6) is 0 Å². The van der Waals surface area contributed by atoms with Gasteiger partial charge in [-0.25, -0.2) is 4.79 Å². The lowest BCUT2D eigenvalue weighted by Gasteiger charge is -2.36. The van der Waals surface area contributed by atoms with E-state index in [1.54, 1.807) is 0 Å². The first-order chi connectivity index (χ1) is 12.3. The lowest BCUT2D eigenvalue weighted by molar-refractivity contribution is 0.194. The van der Waals surface area contributed by atoms with Crippen molar-refractivity contribution in [3.8, 4) is 0 Å². The van der Waals surface area contributed by atoms with Crippen molar-refractivity contribution in [2.24, 2.45) is 0 Å². The van der Waals surface area contributed by atoms with Gasteiger partial charge < -0.3 is 20.1 Å². The summed E-state index contributed by atoms with van der Waals surface area (Å²) >= 11 is 0. The van der Waals surface area contributed by atoms with Gasteiger partial charge in [0.2, 0.25) is 0 Å². The van der Waals surface area contributed by atoms with Gasteiger partial charge in [-0.1, -0.05) is 36.4 Å². The standard InChI is InChI=1S/C20H22N4O/c25-20(22-15-16-5-2-1-3-6-16)24-13-11-23(12-14-24)19-8-4-7-18-17(19)9-10-21-18/h1-10,21H,11-15H2,(H,22,25). The number of nitrogens with one attached hydrogen (secondary N) is 2. The number of urea groups is 1. The SMILES string of the molecule is O=C(NCc1ccccc1)N1CCN(c2cccc3[nH]ccc23)CC1. The van der Waals surface area contributed by atoms with Gasteiger partial charge in [0.25, 0.3) is 0 Å². The Labute approximate surface area is 147 Å². The molecule has 5 nitrogen and oxygen atoms in total. The number of aromatic amines is 1. The summed E-state index contributed by atoms with van der Waals surface area (Å²) < 4.78 is 0. The van der Waals surface area contributed by atoms with E-state index in [2.05, 4.69) is 39.5 Å². The molecule has 0 radical (unpaired) electrons. The molecule has 5 heteroatoms. The van der Waals surface area contributed by atoms with Crippen molar-refractivity contribution in [1.29, 1.82) is 0 Å². The van der Waals surface area contributed by atoms with E-state index >= 15 is 0 Å². The van der Waals surface area contributed by atoms with Crippen molar-refractivity contribution in [3.05, 3.63) is 66.4 Å². The maximum Gasteiger partial charge on any atom is 0.317 e. The average Bonchev–Trinajstić information content (AvgIpc) is 3.16. The summed E-state index contributed by atoms with van der Waals surface area (Å²) in [4.78, 5) is 19.9. The first-order valence-corrected chi connectivity index (χ1v) is 8.69. The van der Waals surface area contributed by atoms with E-state index in [1.165, 1.54) is 11.1 Å². The molecule has 0 spiro atoms. The molecule has 25 heavy (non-hydrogen) atoms. The van der Waals surface area contributed by atoms with Gasteiger partial charge in [0, 0.05) is 55.5 Å². The van der Waals surface area contributed by atoms with Crippen LogP contribution in [0.4, 0.5) is 10.5 Å². The largest absolute Gasteiger partial charge is 0.367 e. The molecule has 1 fully saturated rings. The highest BCUT2D eigenvalue weighted by molar-refractivity contribution is 5.92. The van der Waals surface area contributed by atoms with Gasteiger partial charge in [0.15, 0.2) is 0 Å². The van der Waals surface area contributed by atoms with Crippen LogP contribution in [0.3, 0.4) is 0 Å². The highest BCUT2D eigenvalue weighted by atomic mass is 16.2. The Hall–Kier alpha value is -2.95. The Morgan fingerprint density at radius 1 is 0.960 bits per heavy atom. The molecule has 4 rings (SSSR count). The normalized spacial score (nSPS) is 14.7. The number of benzene rings is 2. The van der Waals surface area contributed by atoms with Crippen LogP contribution in [0.15, 0.2) is 60.8 Å². The molecule has 0 unspecified atom stereocenters. The molecule has 3 aromatic rings. The monoisotopic (exact) mass is 334 g/mol. The molecule has 128 valence electrons. The molecule has 1 saturated heterocycles. The summed E-state index contributed by atoms with van der Waals surface area (Å²) in [6.07, 6.45) is 1.97. The second-order valence-corrected chi connectivity index (χ2v) is 6.33. The van der Waals surface area contributed by atoms with Crippen LogP contribution >= 0.6 is 0 Å². The van der Waals surface area contributed by atoms with Gasteiger partial charge in [-0.15, -0.1) is 0 Å². The average molecular weight is 334 g/mol. The van der Waals surface area contributed by atoms with Crippen LogP contribution in [0.2, 0.25) is 0 Å². The zero-order chi connectivity index (χ0) is 17.1. The summed E-state index contributed by atoms with van der Waals surface area (Å²) in [5.74, 6) is 0. The smallest absolute Gasteiger partial charge is 0.317 e. The second-order valence-electron chi connectivity index (χ2n) is 6.33. The molecular weight excluding hydrogens is 312 g/mol. The van der Waals surface area contributed by atoms with Crippen molar-refractivity contribution in [1.82, 2.24) is 15.2 Å². The molecule has 2 aromatic carbocycles. The molecule has 0 aliphatic carbocycles. The first kappa shape index (κ1) is 15.6. The van der Waals surface area contributed by atoms with Crippen LogP contribution < -0.4 is 10.2 Å². The van der Waals surface area contributed by atoms with Crippen LogP contribution in [0.1, 0.15) is 5.56 Å². The molecule has 2 heterocycles. The van der Waals surface area contributed by atoms with Crippen LogP contribution in [-0.2, 0) is 6.54 Å². The maximum absolute atomic E-state index is 12.4. The molecule has 2 amide bonds. The van der Waals surface area contributed by atoms with Crippen LogP contribution in [-0.4, -0.2) is 42.1 Å². The zero-order valence-electron chi connectivity index (χ0n) is 14.1. The number of anilines is 1. The van der Waals surface area contributed by atoms with Gasteiger partial charge >= 0.3 is 6.03 Å². The number of H-pyrrole nitrogens is 1. The fraction of sp³-hybridized carbons (Fsp3) is 0.250. The Kier molecular flexibility index (Phi) is 4.29. The zero-order valence-corrected chi connectivity index (χ0v) is 14.1. The minimum Gasteiger partial charge on any atom is -0.367 e. The lowest BCUT2D eigenvalue weighted by Crippen LogP contribution is -2.51. The van der Waals surface area contributed by atoms with E-state index in [1.807, 2.05) is 41.4 Å². The third kappa shape index (κ3) is 3.31. The van der Waals surface area contributed by atoms with Gasteiger partial charge in [0.05, 0.1) is 0 Å². The fourth-order valence-electron chi connectivity index (χ4n) is 3.38. The number of piperazine rings is 1. The first-order valence-electron chi connectivity index (χ1n) is 8.69. The Balaban J connectivity index is 1.35. The van der Waals surface area contributed by atoms with E-state index in [4.69, 9.17) is 0 Å². The lowest BCUT2D eigenvalue weighted by atomic mass is 10.2. The van der Waals surface area contributed by atoms with Gasteiger partial charge in [0.1, 0.15) is 0 Å². The van der Waals surface area contributed by atoms with Gasteiger partial charge in [-0.3, -0.25) is 0 Å². The van der Waals surface area contributed by atoms with Crippen molar-refractivity contribution in [2.75, 3.05) is 31.1 Å². The van der Waals surface area contributed by atoms with Crippen LogP contribution in [0.25, 0.3) is 10.9 Å². The number of aromatic nitrogens is 1. The van der Waals surface area contributed by atoms with Crippen LogP contribution in [0, 0.1) is 0 Å². The number of hydrogen-bond donors (Lipinski definition) is 2. The van der Waals surface area contributed by atoms with E-state index in [0.29, 0.717) is 6.54 Å². The number of hydrogen-bond acceptors (Lipinski definition) is 2. The van der Waals surface area contributed by atoms with E-state index in [9.17, 15) is 4.79 Å². The third-order valence-corrected chi connectivity index (χ3v) is 4.77. The molecule has 2 N–H and O–H groups in total. The maximum atomic E-state index is 12.4. The minimum absolute atomic E-state index is 0.0170. The number of fused-ring (bicyclic) bond motifs is 1. The molecule has 1 aliphatic rings. The van der Waals surface area contributed by atoms with E-state index in [0.717, 1.165) is 37.3 Å². The summed E-state index contributed by atoms with van der Waals surface area (Å²) in [5.41, 5.74) is 3.51. The molecular formula is C20H22N4O. The number of rotatable bonds is 3. The summed E-state index contributed by atoms with van der Waals surface area (Å²) in [5, 5.41) is 4.25. The van der Waals surface area contributed by atoms with E-state index < -0.39 is 0 Å². The predicted octanol–water partition coefficient (Wildman–Crippen LogP) is 3.20. The quantitative estimate of drug-likeness (QED) is 0.773. The summed E-state index contributed by atoms with van der Waals surface area (Å²) in [6, 6.07) is 18.5. The third-order valence-electron chi connectivity index (χ3n) is 4.77. The molecule has 0 atom stereocenters. The number of amides is 2. The fourth-order valence-corrected chi connectivity index (χ4v) is 3.38. The Bertz CT molecular complexity index is 850. The highest BCUT2D eigenvalue weighted by Crippen LogP contribution is 2.26. The van der Waals surface area contributed by atoms with Crippen molar-refractivity contribution >= 4 is 22.6 Å². The Morgan fingerprint density at radius 3 is 2.56 bits per heavy atom. The molecule has 0 saturated carbocycles. The number of nitrogens with zero attached hydrogens (tertiary/aromatic N) is 2. The molecule has 1 aliphatic heterocycles. The predicted molar refractivity (Wildman–Crippen MR) is 101 cm³/mol. The molecule has 1 aromatic heterocycles. The van der Waals surface area contributed by atoms with Gasteiger partial charge in [-0.2, -0.15) is 0 Å². The molecule has 0 bridgehead atoms. The van der Waals surface area contributed by atoms with Crippen molar-refractivity contribution in [3.63, 3.8) is 0 Å². The summed E-state index contributed by atoms with van der Waals surface area (Å²) in [6.45, 7) is 3.75. The van der Waals surface area contributed by atoms with Crippen molar-refractivity contribution < 1.29 is 4.79 Å². The van der Waals surface area contributed by atoms with Gasteiger partial charge in [-0.05, 0) is 23.8 Å². The van der Waals surface area contributed by atoms with Crippen molar-refractivity contribution in [2.45, 2.75) is 6.54 Å². The number of carbonyl (C=O) groups excluding carboxylic acids is 1. The number of carbonyl (C=O) groups is 1.